The molecule has 0 bridgehead atoms. The minimum atomic E-state index is -0.866. The number of benzene rings is 1. The number of hydrogen-bond donors (Lipinski definition) is 2. The predicted molar refractivity (Wildman–Crippen MR) is 165 cm³/mol. The van der Waals surface area contributed by atoms with E-state index in [-0.39, 0.29) is 17.9 Å². The third-order valence-electron chi connectivity index (χ3n) is 12.1. The SMILES string of the molecule is CC(C)CCC[C@@H](C)[C@H]1CC[C@H]2[C@@H]3CC=C4C[C@@H](OC(=O)Nc5ccc(CC(=O)O)cc5)CC[C@]4(C)[C@H]3CC[C@]12C. The maximum Gasteiger partial charge on any atom is 0.411 e. The zero-order valence-electron chi connectivity index (χ0n) is 26.1. The van der Waals surface area contributed by atoms with E-state index in [4.69, 9.17) is 9.84 Å². The fourth-order valence-corrected chi connectivity index (χ4v) is 9.93. The first-order chi connectivity index (χ1) is 19.5. The second-order valence-corrected chi connectivity index (χ2v) is 15.0. The van der Waals surface area contributed by atoms with E-state index >= 15 is 0 Å². The van der Waals surface area contributed by atoms with Gasteiger partial charge in [0, 0.05) is 12.1 Å². The van der Waals surface area contributed by atoms with E-state index < -0.39 is 12.1 Å². The minimum absolute atomic E-state index is 0.0271. The standard InChI is InChI=1S/C36H53NO4/c1-23(2)7-6-8-24(3)30-15-16-31-29-14-11-26-22-28(17-19-35(26,4)32(29)18-20-36(30,31)5)41-34(40)37-27-12-9-25(10-13-27)21-33(38)39/h9-13,23-24,28-32H,6-8,14-22H2,1-5H3,(H,37,40)(H,38,39)/t24-,28+,29+,30-,31+,32+,35+,36-/m1/s1. The van der Waals surface area contributed by atoms with Crippen molar-refractivity contribution in [1.82, 2.24) is 0 Å². The molecule has 0 spiro atoms. The van der Waals surface area contributed by atoms with Crippen molar-refractivity contribution in [2.75, 3.05) is 5.32 Å². The van der Waals surface area contributed by atoms with Crippen LogP contribution in [0.5, 0.6) is 0 Å². The Kier molecular flexibility index (Phi) is 8.93. The zero-order valence-corrected chi connectivity index (χ0v) is 26.1. The van der Waals surface area contributed by atoms with Crippen molar-refractivity contribution in [3.63, 3.8) is 0 Å². The third kappa shape index (κ3) is 6.25. The van der Waals surface area contributed by atoms with Gasteiger partial charge >= 0.3 is 12.1 Å². The Morgan fingerprint density at radius 1 is 1.00 bits per heavy atom. The molecule has 3 saturated carbocycles. The summed E-state index contributed by atoms with van der Waals surface area (Å²) in [6.45, 7) is 12.4. The molecule has 1 amide bonds. The van der Waals surface area contributed by atoms with Crippen LogP contribution >= 0.6 is 0 Å². The Morgan fingerprint density at radius 2 is 1.76 bits per heavy atom. The number of rotatable bonds is 9. The van der Waals surface area contributed by atoms with Crippen molar-refractivity contribution in [2.45, 2.75) is 118 Å². The van der Waals surface area contributed by atoms with Gasteiger partial charge in [0.25, 0.3) is 0 Å². The molecule has 0 aromatic heterocycles. The summed E-state index contributed by atoms with van der Waals surface area (Å²) in [6.07, 6.45) is 15.8. The van der Waals surface area contributed by atoms with Crippen LogP contribution in [-0.4, -0.2) is 23.3 Å². The van der Waals surface area contributed by atoms with Crippen molar-refractivity contribution >= 4 is 17.7 Å². The molecule has 2 N–H and O–H groups in total. The second-order valence-electron chi connectivity index (χ2n) is 15.0. The number of aliphatic carboxylic acids is 1. The molecule has 4 aliphatic rings. The fraction of sp³-hybridized carbons (Fsp3) is 0.722. The highest BCUT2D eigenvalue weighted by atomic mass is 16.6. The summed E-state index contributed by atoms with van der Waals surface area (Å²) in [5.74, 6) is 4.09. The van der Waals surface area contributed by atoms with E-state index in [1.165, 1.54) is 56.9 Å². The highest BCUT2D eigenvalue weighted by Gasteiger charge is 2.59. The van der Waals surface area contributed by atoms with Crippen molar-refractivity contribution in [3.05, 3.63) is 41.5 Å². The summed E-state index contributed by atoms with van der Waals surface area (Å²) >= 11 is 0. The molecule has 8 atom stereocenters. The van der Waals surface area contributed by atoms with E-state index in [1.807, 2.05) is 0 Å². The van der Waals surface area contributed by atoms with E-state index in [1.54, 1.807) is 24.3 Å². The number of nitrogens with one attached hydrogen (secondary N) is 1. The van der Waals surface area contributed by atoms with Crippen LogP contribution in [0.4, 0.5) is 10.5 Å². The highest BCUT2D eigenvalue weighted by molar-refractivity contribution is 5.84. The predicted octanol–water partition coefficient (Wildman–Crippen LogP) is 9.27. The first kappa shape index (κ1) is 30.2. The maximum atomic E-state index is 12.7. The van der Waals surface area contributed by atoms with Gasteiger partial charge in [0.1, 0.15) is 6.10 Å². The molecule has 3 fully saturated rings. The van der Waals surface area contributed by atoms with Gasteiger partial charge in [-0.05, 0) is 109 Å². The number of carbonyl (C=O) groups is 2. The van der Waals surface area contributed by atoms with Gasteiger partial charge in [-0.25, -0.2) is 4.79 Å². The number of hydrogen-bond acceptors (Lipinski definition) is 3. The first-order valence-electron chi connectivity index (χ1n) is 16.5. The summed E-state index contributed by atoms with van der Waals surface area (Å²) < 4.78 is 5.91. The molecule has 41 heavy (non-hydrogen) atoms. The molecule has 1 aromatic carbocycles. The van der Waals surface area contributed by atoms with Gasteiger partial charge < -0.3 is 9.84 Å². The van der Waals surface area contributed by atoms with Crippen LogP contribution in [-0.2, 0) is 16.0 Å². The lowest BCUT2D eigenvalue weighted by Crippen LogP contribution is -2.51. The number of carboxylic acid groups (broad SMARTS) is 1. The Bertz CT molecular complexity index is 1120. The summed E-state index contributed by atoms with van der Waals surface area (Å²) in [5, 5.41) is 11.8. The molecular formula is C36H53NO4. The number of allylic oxidation sites excluding steroid dienone is 1. The smallest absolute Gasteiger partial charge is 0.411 e. The lowest BCUT2D eigenvalue weighted by Gasteiger charge is -2.58. The van der Waals surface area contributed by atoms with Crippen LogP contribution in [0.1, 0.15) is 111 Å². The quantitative estimate of drug-likeness (QED) is 0.294. The monoisotopic (exact) mass is 563 g/mol. The summed E-state index contributed by atoms with van der Waals surface area (Å²) in [5.41, 5.74) is 3.60. The largest absolute Gasteiger partial charge is 0.481 e. The van der Waals surface area contributed by atoms with E-state index in [0.717, 1.165) is 54.8 Å². The van der Waals surface area contributed by atoms with Gasteiger partial charge in [-0.1, -0.05) is 77.7 Å². The number of anilines is 1. The molecule has 5 heteroatoms. The van der Waals surface area contributed by atoms with Crippen LogP contribution in [0.3, 0.4) is 0 Å². The van der Waals surface area contributed by atoms with Crippen molar-refractivity contribution < 1.29 is 19.4 Å². The normalized spacial score (nSPS) is 35.1. The third-order valence-corrected chi connectivity index (χ3v) is 12.1. The van der Waals surface area contributed by atoms with Crippen molar-refractivity contribution in [2.24, 2.45) is 46.3 Å². The highest BCUT2D eigenvalue weighted by Crippen LogP contribution is 2.67. The second kappa shape index (κ2) is 12.1. The van der Waals surface area contributed by atoms with E-state index in [9.17, 15) is 9.59 Å². The molecule has 0 heterocycles. The van der Waals surface area contributed by atoms with Crippen LogP contribution in [0, 0.1) is 46.3 Å². The van der Waals surface area contributed by atoms with Crippen LogP contribution in [0.15, 0.2) is 35.9 Å². The molecule has 0 radical (unpaired) electrons. The van der Waals surface area contributed by atoms with Gasteiger partial charge in [0.15, 0.2) is 0 Å². The summed E-state index contributed by atoms with van der Waals surface area (Å²) in [6, 6.07) is 6.93. The van der Waals surface area contributed by atoms with Gasteiger partial charge in [-0.3, -0.25) is 10.1 Å². The molecule has 5 rings (SSSR count). The van der Waals surface area contributed by atoms with E-state index in [0.29, 0.717) is 16.7 Å². The lowest BCUT2D eigenvalue weighted by molar-refractivity contribution is -0.136. The molecule has 4 aliphatic carbocycles. The number of amides is 1. The Hall–Kier alpha value is -2.30. The average Bonchev–Trinajstić information content (AvgIpc) is 3.27. The molecule has 1 aromatic rings. The number of carbonyl (C=O) groups excluding carboxylic acids is 1. The topological polar surface area (TPSA) is 75.6 Å². The zero-order chi connectivity index (χ0) is 29.4. The maximum absolute atomic E-state index is 12.7. The lowest BCUT2D eigenvalue weighted by atomic mass is 9.47. The number of ether oxygens (including phenoxy) is 1. The van der Waals surface area contributed by atoms with Crippen molar-refractivity contribution in [3.8, 4) is 0 Å². The van der Waals surface area contributed by atoms with Gasteiger partial charge in [0.2, 0.25) is 0 Å². The van der Waals surface area contributed by atoms with Crippen LogP contribution in [0.2, 0.25) is 0 Å². The van der Waals surface area contributed by atoms with E-state index in [2.05, 4.69) is 46.0 Å². The molecule has 0 unspecified atom stereocenters. The first-order valence-corrected chi connectivity index (χ1v) is 16.5. The van der Waals surface area contributed by atoms with Crippen LogP contribution in [0.25, 0.3) is 0 Å². The Morgan fingerprint density at radius 3 is 2.46 bits per heavy atom. The van der Waals surface area contributed by atoms with Gasteiger partial charge in [0.05, 0.1) is 6.42 Å². The molecule has 226 valence electrons. The fourth-order valence-electron chi connectivity index (χ4n) is 9.93. The molecular weight excluding hydrogens is 510 g/mol. The Balaban J connectivity index is 1.18. The molecule has 0 saturated heterocycles. The van der Waals surface area contributed by atoms with Crippen LogP contribution < -0.4 is 5.32 Å². The van der Waals surface area contributed by atoms with Crippen molar-refractivity contribution in [1.29, 1.82) is 0 Å². The average molecular weight is 564 g/mol. The summed E-state index contributed by atoms with van der Waals surface area (Å²) in [7, 11) is 0. The molecule has 0 aliphatic heterocycles. The summed E-state index contributed by atoms with van der Waals surface area (Å²) in [4.78, 5) is 23.6. The Labute approximate surface area is 247 Å². The van der Waals surface area contributed by atoms with Gasteiger partial charge in [-0.15, -0.1) is 0 Å². The number of carboxylic acids is 1. The molecule has 5 nitrogen and oxygen atoms in total. The van der Waals surface area contributed by atoms with Gasteiger partial charge in [-0.2, -0.15) is 0 Å². The minimum Gasteiger partial charge on any atom is -0.481 e. The number of fused-ring (bicyclic) bond motifs is 5.